The van der Waals surface area contributed by atoms with Crippen LogP contribution in [0.3, 0.4) is 0 Å². The van der Waals surface area contributed by atoms with Crippen molar-refractivity contribution >= 4 is 23.2 Å². The molecule has 5 nitrogen and oxygen atoms in total. The number of hydrogen-bond donors (Lipinski definition) is 2. The van der Waals surface area contributed by atoms with Crippen LogP contribution in [-0.2, 0) is 11.3 Å². The van der Waals surface area contributed by atoms with Crippen LogP contribution in [0.15, 0.2) is 5.38 Å². The number of aliphatic hydroxyl groups is 1. The Morgan fingerprint density at radius 1 is 1.53 bits per heavy atom. The highest BCUT2D eigenvalue weighted by Gasteiger charge is 2.42. The summed E-state index contributed by atoms with van der Waals surface area (Å²) in [7, 11) is 0. The van der Waals surface area contributed by atoms with E-state index in [9.17, 15) is 14.7 Å². The van der Waals surface area contributed by atoms with Crippen LogP contribution < -0.4 is 5.32 Å². The third kappa shape index (κ3) is 1.48. The lowest BCUT2D eigenvalue weighted by Gasteiger charge is -2.25. The maximum absolute atomic E-state index is 12.1. The van der Waals surface area contributed by atoms with Crippen molar-refractivity contribution in [2.24, 2.45) is 0 Å². The van der Waals surface area contributed by atoms with Gasteiger partial charge in [0, 0.05) is 16.8 Å². The number of thiophene rings is 1. The van der Waals surface area contributed by atoms with Crippen molar-refractivity contribution in [1.82, 2.24) is 10.2 Å². The summed E-state index contributed by atoms with van der Waals surface area (Å²) >= 11 is 1.56. The molecule has 0 aliphatic carbocycles. The fraction of sp³-hybridized carbons (Fsp3) is 0.455. The van der Waals surface area contributed by atoms with E-state index in [0.717, 1.165) is 16.0 Å². The number of aliphatic hydroxyl groups excluding tert-OH is 1. The van der Waals surface area contributed by atoms with Gasteiger partial charge in [0.1, 0.15) is 6.23 Å². The Morgan fingerprint density at radius 3 is 2.88 bits per heavy atom. The van der Waals surface area contributed by atoms with Crippen LogP contribution >= 0.6 is 11.3 Å². The third-order valence-corrected chi connectivity index (χ3v) is 4.35. The topological polar surface area (TPSA) is 69.6 Å². The molecule has 0 aromatic carbocycles. The number of amides is 2. The second-order valence-corrected chi connectivity index (χ2v) is 5.48. The summed E-state index contributed by atoms with van der Waals surface area (Å²) in [6.07, 6.45) is -0.765. The number of hydrogen-bond acceptors (Lipinski definition) is 4. The van der Waals surface area contributed by atoms with Crippen LogP contribution in [0.2, 0.25) is 0 Å². The molecule has 17 heavy (non-hydrogen) atoms. The van der Waals surface area contributed by atoms with Crippen LogP contribution in [0, 0.1) is 6.92 Å². The van der Waals surface area contributed by atoms with Gasteiger partial charge in [0.05, 0.1) is 18.0 Å². The van der Waals surface area contributed by atoms with E-state index in [4.69, 9.17) is 0 Å². The zero-order valence-electron chi connectivity index (χ0n) is 9.27. The molecule has 0 bridgehead atoms. The fourth-order valence-corrected chi connectivity index (χ4v) is 3.28. The molecule has 2 aliphatic rings. The van der Waals surface area contributed by atoms with Crippen LogP contribution in [0.5, 0.6) is 0 Å². The number of fused-ring (bicyclic) bond motifs is 1. The van der Waals surface area contributed by atoms with Gasteiger partial charge in [-0.2, -0.15) is 0 Å². The predicted octanol–water partition coefficient (Wildman–Crippen LogP) is 0.219. The van der Waals surface area contributed by atoms with Gasteiger partial charge in [-0.25, -0.2) is 0 Å². The number of nitrogens with one attached hydrogen (secondary N) is 1. The summed E-state index contributed by atoms with van der Waals surface area (Å²) < 4.78 is 0. The van der Waals surface area contributed by atoms with Gasteiger partial charge in [0.15, 0.2) is 0 Å². The smallest absolute Gasteiger partial charge is 0.255 e. The molecule has 3 rings (SSSR count). The van der Waals surface area contributed by atoms with Gasteiger partial charge in [-0.3, -0.25) is 9.59 Å². The first kappa shape index (κ1) is 10.7. The van der Waals surface area contributed by atoms with Gasteiger partial charge in [-0.15, -0.1) is 11.3 Å². The minimum atomic E-state index is -0.945. The number of carbonyl (C=O) groups excluding carboxylic acids is 2. The molecule has 0 radical (unpaired) electrons. The Balaban J connectivity index is 1.89. The fourth-order valence-electron chi connectivity index (χ4n) is 2.42. The summed E-state index contributed by atoms with van der Waals surface area (Å²) in [5, 5.41) is 14.0. The molecule has 0 spiro atoms. The molecular weight excluding hydrogens is 240 g/mol. The standard InChI is InChI=1S/C11H12N2O3S/c1-5-6-3-13(11(16)7(6)4-17-5)8-2-9(14)12-10(8)15/h4,8,10,15H,2-3H2,1H3,(H,12,14)/t8-,10?/m0/s1. The van der Waals surface area contributed by atoms with E-state index in [1.165, 1.54) is 0 Å². The van der Waals surface area contributed by atoms with Gasteiger partial charge < -0.3 is 15.3 Å². The van der Waals surface area contributed by atoms with E-state index in [1.807, 2.05) is 12.3 Å². The second-order valence-electron chi connectivity index (χ2n) is 4.40. The van der Waals surface area contributed by atoms with Gasteiger partial charge in [-0.1, -0.05) is 0 Å². The van der Waals surface area contributed by atoms with E-state index in [1.54, 1.807) is 16.2 Å². The quantitative estimate of drug-likeness (QED) is 0.751. The first-order valence-corrected chi connectivity index (χ1v) is 6.31. The van der Waals surface area contributed by atoms with Gasteiger partial charge in [0.25, 0.3) is 5.91 Å². The molecule has 2 N–H and O–H groups in total. The highest BCUT2D eigenvalue weighted by Crippen LogP contribution is 2.33. The predicted molar refractivity (Wildman–Crippen MR) is 61.5 cm³/mol. The third-order valence-electron chi connectivity index (χ3n) is 3.39. The van der Waals surface area contributed by atoms with Crippen molar-refractivity contribution in [3.8, 4) is 0 Å². The maximum Gasteiger partial charge on any atom is 0.255 e. The molecule has 2 amide bonds. The zero-order chi connectivity index (χ0) is 12.2. The summed E-state index contributed by atoms with van der Waals surface area (Å²) in [4.78, 5) is 26.0. The molecule has 1 saturated heterocycles. The number of aryl methyl sites for hydroxylation is 1. The highest BCUT2D eigenvalue weighted by molar-refractivity contribution is 7.10. The molecule has 1 aromatic heterocycles. The van der Waals surface area contributed by atoms with Gasteiger partial charge >= 0.3 is 0 Å². The summed E-state index contributed by atoms with van der Waals surface area (Å²) in [5.41, 5.74) is 1.76. The minimum Gasteiger partial charge on any atom is -0.372 e. The van der Waals surface area contributed by atoms with Crippen molar-refractivity contribution in [3.05, 3.63) is 21.4 Å². The largest absolute Gasteiger partial charge is 0.372 e. The highest BCUT2D eigenvalue weighted by atomic mass is 32.1. The molecule has 0 saturated carbocycles. The van der Waals surface area contributed by atoms with E-state index in [2.05, 4.69) is 5.32 Å². The van der Waals surface area contributed by atoms with Crippen molar-refractivity contribution < 1.29 is 14.7 Å². The number of nitrogens with zero attached hydrogens (tertiary/aromatic N) is 1. The normalized spacial score (nSPS) is 27.5. The average Bonchev–Trinajstić information content (AvgIpc) is 2.87. The molecule has 90 valence electrons. The van der Waals surface area contributed by atoms with Crippen molar-refractivity contribution in [3.63, 3.8) is 0 Å². The molecule has 1 aromatic rings. The van der Waals surface area contributed by atoms with E-state index < -0.39 is 12.3 Å². The van der Waals surface area contributed by atoms with Crippen molar-refractivity contribution in [2.45, 2.75) is 32.2 Å². The summed E-state index contributed by atoms with van der Waals surface area (Å²) in [6, 6.07) is -0.438. The Hall–Kier alpha value is -1.40. The lowest BCUT2D eigenvalue weighted by Crippen LogP contribution is -2.43. The summed E-state index contributed by atoms with van der Waals surface area (Å²) in [6.45, 7) is 2.48. The first-order valence-electron chi connectivity index (χ1n) is 5.43. The van der Waals surface area contributed by atoms with E-state index in [0.29, 0.717) is 6.54 Å². The molecule has 1 fully saturated rings. The van der Waals surface area contributed by atoms with Crippen LogP contribution in [0.25, 0.3) is 0 Å². The van der Waals surface area contributed by atoms with Gasteiger partial charge in [0.2, 0.25) is 5.91 Å². The maximum atomic E-state index is 12.1. The SMILES string of the molecule is Cc1scc2c1CN([C@H]1CC(=O)NC1O)C2=O. The Labute approximate surface area is 102 Å². The molecular formula is C11H12N2O3S. The minimum absolute atomic E-state index is 0.0788. The van der Waals surface area contributed by atoms with E-state index >= 15 is 0 Å². The molecule has 3 heterocycles. The Bertz CT molecular complexity index is 511. The van der Waals surface area contributed by atoms with Crippen molar-refractivity contribution in [2.75, 3.05) is 0 Å². The monoisotopic (exact) mass is 252 g/mol. The molecule has 2 aliphatic heterocycles. The van der Waals surface area contributed by atoms with Crippen LogP contribution in [0.1, 0.15) is 27.2 Å². The lowest BCUT2D eigenvalue weighted by molar-refractivity contribution is -0.120. The number of rotatable bonds is 1. The van der Waals surface area contributed by atoms with E-state index in [-0.39, 0.29) is 18.2 Å². The van der Waals surface area contributed by atoms with Crippen LogP contribution in [-0.4, -0.2) is 34.1 Å². The number of carbonyl (C=O) groups is 2. The van der Waals surface area contributed by atoms with Crippen LogP contribution in [0.4, 0.5) is 0 Å². The van der Waals surface area contributed by atoms with Crippen molar-refractivity contribution in [1.29, 1.82) is 0 Å². The molecule has 6 heteroatoms. The van der Waals surface area contributed by atoms with Gasteiger partial charge in [-0.05, 0) is 12.5 Å². The second kappa shape index (κ2) is 3.54. The first-order chi connectivity index (χ1) is 8.08. The molecule has 2 atom stereocenters. The average molecular weight is 252 g/mol. The lowest BCUT2D eigenvalue weighted by atomic mass is 10.2. The molecule has 1 unspecified atom stereocenters. The summed E-state index contributed by atoms with van der Waals surface area (Å²) in [5.74, 6) is -0.286. The zero-order valence-corrected chi connectivity index (χ0v) is 10.1. The Morgan fingerprint density at radius 2 is 2.29 bits per heavy atom. The Kier molecular flexibility index (Phi) is 2.24.